The minimum atomic E-state index is -0.374. The van der Waals surface area contributed by atoms with Gasteiger partial charge in [0.2, 0.25) is 29.1 Å². The molecule has 0 unspecified atom stereocenters. The second-order valence-electron chi connectivity index (χ2n) is 4.14. The van der Waals surface area contributed by atoms with Crippen molar-refractivity contribution in [3.05, 3.63) is 34.6 Å². The topological polar surface area (TPSA) is 130 Å². The van der Waals surface area contributed by atoms with Crippen LogP contribution in [0.3, 0.4) is 0 Å². The van der Waals surface area contributed by atoms with Gasteiger partial charge in [-0.3, -0.25) is 14.4 Å². The number of hydrogen-bond donors (Lipinski definition) is 3. The highest BCUT2D eigenvalue weighted by atomic mass is 16.5. The van der Waals surface area contributed by atoms with Gasteiger partial charge in [-0.1, -0.05) is 5.16 Å². The third kappa shape index (κ3) is 4.27. The van der Waals surface area contributed by atoms with Crippen LogP contribution in [0, 0.1) is 0 Å². The van der Waals surface area contributed by atoms with Crippen LogP contribution in [0.25, 0.3) is 11.4 Å². The summed E-state index contributed by atoms with van der Waals surface area (Å²) in [6.45, 7) is 1.23. The van der Waals surface area contributed by atoms with Crippen LogP contribution >= 0.6 is 0 Å². The van der Waals surface area contributed by atoms with Crippen molar-refractivity contribution in [2.75, 3.05) is 6.54 Å². The maximum Gasteiger partial charge on any atom is 0.248 e. The summed E-state index contributed by atoms with van der Waals surface area (Å²) in [5, 5.41) is 8.60. The highest BCUT2D eigenvalue weighted by molar-refractivity contribution is 5.83. The smallest absolute Gasteiger partial charge is 0.248 e. The molecular formula is C12H13N5O4. The Morgan fingerprint density at radius 3 is 2.90 bits per heavy atom. The predicted octanol–water partition coefficient (Wildman–Crippen LogP) is -0.823. The van der Waals surface area contributed by atoms with Gasteiger partial charge >= 0.3 is 0 Å². The van der Waals surface area contributed by atoms with E-state index in [1.165, 1.54) is 19.2 Å². The largest absolute Gasteiger partial charge is 0.347 e. The summed E-state index contributed by atoms with van der Waals surface area (Å²) in [5.74, 6) is -0.214. The SMILES string of the molecule is CC(=O)NCC(=O)NCc1nc(-c2cc[nH]c(=O)c2)no1. The summed E-state index contributed by atoms with van der Waals surface area (Å²) >= 11 is 0. The second-order valence-corrected chi connectivity index (χ2v) is 4.14. The van der Waals surface area contributed by atoms with Crippen molar-refractivity contribution in [1.29, 1.82) is 0 Å². The van der Waals surface area contributed by atoms with Crippen LogP contribution in [0.5, 0.6) is 0 Å². The van der Waals surface area contributed by atoms with Crippen molar-refractivity contribution in [3.63, 3.8) is 0 Å². The Morgan fingerprint density at radius 1 is 1.38 bits per heavy atom. The molecule has 2 aromatic rings. The Bertz CT molecular complexity index is 705. The Balaban J connectivity index is 1.93. The minimum Gasteiger partial charge on any atom is -0.347 e. The summed E-state index contributed by atoms with van der Waals surface area (Å²) in [4.78, 5) is 39.7. The van der Waals surface area contributed by atoms with Gasteiger partial charge in [0, 0.05) is 24.8 Å². The first-order valence-corrected chi connectivity index (χ1v) is 6.07. The van der Waals surface area contributed by atoms with E-state index in [1.54, 1.807) is 6.07 Å². The lowest BCUT2D eigenvalue weighted by molar-refractivity contribution is -0.125. The third-order valence-electron chi connectivity index (χ3n) is 2.44. The Labute approximate surface area is 118 Å². The molecule has 0 aliphatic carbocycles. The van der Waals surface area contributed by atoms with E-state index in [2.05, 4.69) is 25.8 Å². The molecule has 0 aromatic carbocycles. The van der Waals surface area contributed by atoms with Crippen LogP contribution in [-0.2, 0) is 16.1 Å². The first-order chi connectivity index (χ1) is 10.0. The molecule has 2 amide bonds. The zero-order valence-electron chi connectivity index (χ0n) is 11.2. The average molecular weight is 291 g/mol. The van der Waals surface area contributed by atoms with E-state index in [0.29, 0.717) is 5.56 Å². The van der Waals surface area contributed by atoms with Gasteiger partial charge in [-0.25, -0.2) is 0 Å². The van der Waals surface area contributed by atoms with E-state index in [4.69, 9.17) is 4.52 Å². The van der Waals surface area contributed by atoms with Crippen LogP contribution in [0.4, 0.5) is 0 Å². The number of nitrogens with one attached hydrogen (secondary N) is 3. The Kier molecular flexibility index (Phi) is 4.44. The number of hydrogen-bond acceptors (Lipinski definition) is 6. The summed E-state index contributed by atoms with van der Waals surface area (Å²) < 4.78 is 4.96. The number of pyridine rings is 1. The zero-order chi connectivity index (χ0) is 15.2. The fraction of sp³-hybridized carbons (Fsp3) is 0.250. The van der Waals surface area contributed by atoms with Gasteiger partial charge in [0.05, 0.1) is 13.1 Å². The molecule has 0 aliphatic rings. The number of carbonyl (C=O) groups excluding carboxylic acids is 2. The first-order valence-electron chi connectivity index (χ1n) is 6.07. The van der Waals surface area contributed by atoms with Crippen LogP contribution in [0.15, 0.2) is 27.6 Å². The molecule has 0 saturated heterocycles. The molecule has 2 aromatic heterocycles. The van der Waals surface area contributed by atoms with Crippen molar-refractivity contribution in [2.45, 2.75) is 13.5 Å². The van der Waals surface area contributed by atoms with Gasteiger partial charge in [0.15, 0.2) is 0 Å². The van der Waals surface area contributed by atoms with E-state index in [0.717, 1.165) is 0 Å². The lowest BCUT2D eigenvalue weighted by Crippen LogP contribution is -2.35. The first kappa shape index (κ1) is 14.4. The Hall–Kier alpha value is -2.97. The van der Waals surface area contributed by atoms with Gasteiger partial charge in [0.1, 0.15) is 0 Å². The number of carbonyl (C=O) groups is 2. The van der Waals surface area contributed by atoms with Crippen molar-refractivity contribution in [3.8, 4) is 11.4 Å². The second kappa shape index (κ2) is 6.46. The van der Waals surface area contributed by atoms with Crippen molar-refractivity contribution < 1.29 is 14.1 Å². The van der Waals surface area contributed by atoms with Gasteiger partial charge in [-0.2, -0.15) is 4.98 Å². The fourth-order valence-corrected chi connectivity index (χ4v) is 1.47. The van der Waals surface area contributed by atoms with Crippen LogP contribution in [-0.4, -0.2) is 33.5 Å². The number of aromatic nitrogens is 3. The lowest BCUT2D eigenvalue weighted by Gasteiger charge is -2.02. The average Bonchev–Trinajstić information content (AvgIpc) is 2.92. The number of H-pyrrole nitrogens is 1. The molecule has 21 heavy (non-hydrogen) atoms. The molecule has 2 heterocycles. The molecule has 9 heteroatoms. The molecular weight excluding hydrogens is 278 g/mol. The van der Waals surface area contributed by atoms with E-state index >= 15 is 0 Å². The quantitative estimate of drug-likeness (QED) is 0.659. The molecule has 110 valence electrons. The van der Waals surface area contributed by atoms with E-state index < -0.39 is 0 Å². The number of nitrogens with zero attached hydrogens (tertiary/aromatic N) is 2. The molecule has 0 spiro atoms. The highest BCUT2D eigenvalue weighted by Gasteiger charge is 2.10. The standard InChI is InChI=1S/C12H13N5O4/c1-7(18)14-5-10(20)15-6-11-16-12(17-21-11)8-2-3-13-9(19)4-8/h2-4H,5-6H2,1H3,(H,13,19)(H,14,18)(H,15,20). The molecule has 0 radical (unpaired) electrons. The number of rotatable bonds is 5. The highest BCUT2D eigenvalue weighted by Crippen LogP contribution is 2.12. The maximum absolute atomic E-state index is 11.4. The zero-order valence-corrected chi connectivity index (χ0v) is 11.2. The fourth-order valence-electron chi connectivity index (χ4n) is 1.47. The molecule has 2 rings (SSSR count). The lowest BCUT2D eigenvalue weighted by atomic mass is 10.2. The summed E-state index contributed by atoms with van der Waals surface area (Å²) in [6.07, 6.45) is 1.48. The predicted molar refractivity (Wildman–Crippen MR) is 70.9 cm³/mol. The maximum atomic E-state index is 11.4. The normalized spacial score (nSPS) is 10.1. The van der Waals surface area contributed by atoms with Gasteiger partial charge in [0.25, 0.3) is 0 Å². The van der Waals surface area contributed by atoms with E-state index in [1.807, 2.05) is 0 Å². The number of aromatic amines is 1. The van der Waals surface area contributed by atoms with Gasteiger partial charge in [-0.15, -0.1) is 0 Å². The summed E-state index contributed by atoms with van der Waals surface area (Å²) in [5.41, 5.74) is 0.237. The van der Waals surface area contributed by atoms with Crippen LogP contribution in [0.1, 0.15) is 12.8 Å². The monoisotopic (exact) mass is 291 g/mol. The molecule has 9 nitrogen and oxygen atoms in total. The molecule has 0 atom stereocenters. The van der Waals surface area contributed by atoms with Crippen molar-refractivity contribution >= 4 is 11.8 Å². The third-order valence-corrected chi connectivity index (χ3v) is 2.44. The summed E-state index contributed by atoms with van der Waals surface area (Å²) in [7, 11) is 0. The van der Waals surface area contributed by atoms with Crippen LogP contribution in [0.2, 0.25) is 0 Å². The van der Waals surface area contributed by atoms with Crippen LogP contribution < -0.4 is 16.2 Å². The van der Waals surface area contributed by atoms with Gasteiger partial charge < -0.3 is 20.1 Å². The van der Waals surface area contributed by atoms with E-state index in [9.17, 15) is 14.4 Å². The van der Waals surface area contributed by atoms with Crippen molar-refractivity contribution in [2.24, 2.45) is 0 Å². The molecule has 0 saturated carbocycles. The molecule has 0 aliphatic heterocycles. The van der Waals surface area contributed by atoms with Crippen molar-refractivity contribution in [1.82, 2.24) is 25.8 Å². The van der Waals surface area contributed by atoms with E-state index in [-0.39, 0.29) is 42.2 Å². The molecule has 0 fully saturated rings. The number of amides is 2. The minimum absolute atomic E-state index is 0.0363. The summed E-state index contributed by atoms with van der Waals surface area (Å²) in [6, 6.07) is 2.97. The Morgan fingerprint density at radius 2 is 2.19 bits per heavy atom. The molecule has 3 N–H and O–H groups in total. The molecule has 0 bridgehead atoms. The van der Waals surface area contributed by atoms with Gasteiger partial charge in [-0.05, 0) is 6.07 Å².